The van der Waals surface area contributed by atoms with E-state index >= 15 is 0 Å². The maximum absolute atomic E-state index is 12.3. The van der Waals surface area contributed by atoms with E-state index in [9.17, 15) is 9.90 Å². The average molecular weight is 304 g/mol. The second-order valence-corrected chi connectivity index (χ2v) is 7.26. The van der Waals surface area contributed by atoms with Crippen molar-refractivity contribution in [2.45, 2.75) is 39.7 Å². The molecule has 1 heterocycles. The van der Waals surface area contributed by atoms with E-state index in [2.05, 4.69) is 31.3 Å². The number of carbonyl (C=O) groups is 1. The zero-order valence-electron chi connectivity index (χ0n) is 13.9. The number of rotatable bonds is 4. The number of piperidine rings is 1. The van der Waals surface area contributed by atoms with Gasteiger partial charge in [-0.2, -0.15) is 0 Å². The minimum Gasteiger partial charge on any atom is -0.391 e. The summed E-state index contributed by atoms with van der Waals surface area (Å²) in [4.78, 5) is 14.0. The highest BCUT2D eigenvalue weighted by Crippen LogP contribution is 2.21. The van der Waals surface area contributed by atoms with Crippen molar-refractivity contribution in [3.63, 3.8) is 0 Å². The Morgan fingerprint density at radius 1 is 1.36 bits per heavy atom. The van der Waals surface area contributed by atoms with Crippen molar-refractivity contribution in [2.24, 2.45) is 11.3 Å². The van der Waals surface area contributed by atoms with Crippen LogP contribution in [-0.4, -0.2) is 41.8 Å². The minimum atomic E-state index is -0.406. The Hall–Kier alpha value is -1.55. The number of benzene rings is 1. The van der Waals surface area contributed by atoms with Gasteiger partial charge in [0.15, 0.2) is 0 Å². The van der Waals surface area contributed by atoms with E-state index in [1.165, 1.54) is 5.56 Å². The Bertz CT molecular complexity index is 487. The molecule has 2 N–H and O–H groups in total. The molecular formula is C18H28N2O2. The van der Waals surface area contributed by atoms with Gasteiger partial charge in [-0.3, -0.25) is 0 Å². The number of hydrogen-bond donors (Lipinski definition) is 2. The van der Waals surface area contributed by atoms with Crippen LogP contribution >= 0.6 is 0 Å². The average Bonchev–Trinajstić information content (AvgIpc) is 2.48. The molecule has 2 atom stereocenters. The Labute approximate surface area is 133 Å². The Balaban J connectivity index is 1.82. The molecule has 2 amide bonds. The summed E-state index contributed by atoms with van der Waals surface area (Å²) in [6.45, 7) is 8.14. The number of likely N-dealkylation sites (tertiary alicyclic amines) is 1. The van der Waals surface area contributed by atoms with E-state index in [0.29, 0.717) is 13.1 Å². The lowest BCUT2D eigenvalue weighted by Gasteiger charge is -2.35. The van der Waals surface area contributed by atoms with E-state index < -0.39 is 6.10 Å². The fourth-order valence-corrected chi connectivity index (χ4v) is 2.87. The Morgan fingerprint density at radius 2 is 2.05 bits per heavy atom. The lowest BCUT2D eigenvalue weighted by Crippen LogP contribution is -2.51. The summed E-state index contributed by atoms with van der Waals surface area (Å²) in [5.74, 6) is 0.276. The number of urea groups is 1. The summed E-state index contributed by atoms with van der Waals surface area (Å²) >= 11 is 0. The standard InChI is InChI=1S/C18H28N2O2/c1-14-9-10-20(12-16(14)21)17(22)19-13-18(2,3)11-15-7-5-4-6-8-15/h4-8,14,16,21H,9-13H2,1-3H3,(H,19,22). The molecule has 122 valence electrons. The first kappa shape index (κ1) is 16.8. The molecule has 0 aliphatic carbocycles. The molecule has 0 aromatic heterocycles. The van der Waals surface area contributed by atoms with E-state index in [1.807, 2.05) is 25.1 Å². The van der Waals surface area contributed by atoms with Gasteiger partial charge < -0.3 is 15.3 Å². The molecule has 0 radical (unpaired) electrons. The van der Waals surface area contributed by atoms with Crippen molar-refractivity contribution in [2.75, 3.05) is 19.6 Å². The zero-order chi connectivity index (χ0) is 16.2. The normalized spacial score (nSPS) is 22.5. The highest BCUT2D eigenvalue weighted by molar-refractivity contribution is 5.74. The highest BCUT2D eigenvalue weighted by Gasteiger charge is 2.28. The largest absolute Gasteiger partial charge is 0.391 e. The topological polar surface area (TPSA) is 52.6 Å². The molecule has 2 unspecified atom stereocenters. The molecule has 1 aromatic carbocycles. The third kappa shape index (κ3) is 4.73. The number of hydrogen-bond acceptors (Lipinski definition) is 2. The Morgan fingerprint density at radius 3 is 2.68 bits per heavy atom. The van der Waals surface area contributed by atoms with Crippen LogP contribution in [0.4, 0.5) is 4.79 Å². The van der Waals surface area contributed by atoms with Gasteiger partial charge in [-0.05, 0) is 29.7 Å². The minimum absolute atomic E-state index is 0.00128. The van der Waals surface area contributed by atoms with Gasteiger partial charge in [-0.1, -0.05) is 51.1 Å². The Kier molecular flexibility index (Phi) is 5.46. The molecule has 1 fully saturated rings. The van der Waals surface area contributed by atoms with Crippen LogP contribution in [0.25, 0.3) is 0 Å². The van der Waals surface area contributed by atoms with E-state index in [4.69, 9.17) is 0 Å². The monoisotopic (exact) mass is 304 g/mol. The molecule has 22 heavy (non-hydrogen) atoms. The van der Waals surface area contributed by atoms with Crippen molar-refractivity contribution in [1.82, 2.24) is 10.2 Å². The van der Waals surface area contributed by atoms with Gasteiger partial charge in [-0.25, -0.2) is 4.79 Å². The number of β-amino-alcohol motifs (C(OH)–C–C–N with tert-alkyl or cyclic N) is 1. The van der Waals surface area contributed by atoms with Gasteiger partial charge in [0.1, 0.15) is 0 Å². The highest BCUT2D eigenvalue weighted by atomic mass is 16.3. The molecule has 0 bridgehead atoms. The van der Waals surface area contributed by atoms with Gasteiger partial charge in [0.2, 0.25) is 0 Å². The lowest BCUT2D eigenvalue weighted by atomic mass is 9.86. The van der Waals surface area contributed by atoms with Crippen LogP contribution in [0.3, 0.4) is 0 Å². The smallest absolute Gasteiger partial charge is 0.317 e. The third-order valence-corrected chi connectivity index (χ3v) is 4.45. The second kappa shape index (κ2) is 7.14. The van der Waals surface area contributed by atoms with Crippen molar-refractivity contribution in [3.05, 3.63) is 35.9 Å². The van der Waals surface area contributed by atoms with Crippen LogP contribution in [0.5, 0.6) is 0 Å². The molecule has 4 nitrogen and oxygen atoms in total. The van der Waals surface area contributed by atoms with Crippen LogP contribution < -0.4 is 5.32 Å². The van der Waals surface area contributed by atoms with Crippen LogP contribution in [0.2, 0.25) is 0 Å². The molecule has 1 saturated heterocycles. The summed E-state index contributed by atoms with van der Waals surface area (Å²) in [7, 11) is 0. The second-order valence-electron chi connectivity index (χ2n) is 7.26. The SMILES string of the molecule is CC1CCN(C(=O)NCC(C)(C)Cc2ccccc2)CC1O. The fourth-order valence-electron chi connectivity index (χ4n) is 2.87. The first-order chi connectivity index (χ1) is 10.4. The molecule has 0 saturated carbocycles. The number of nitrogens with zero attached hydrogens (tertiary/aromatic N) is 1. The van der Waals surface area contributed by atoms with Gasteiger partial charge in [0, 0.05) is 19.6 Å². The lowest BCUT2D eigenvalue weighted by molar-refractivity contribution is 0.0431. The van der Waals surface area contributed by atoms with Gasteiger partial charge in [0.25, 0.3) is 0 Å². The molecule has 1 aromatic rings. The summed E-state index contributed by atoms with van der Waals surface area (Å²) in [6.07, 6.45) is 1.38. The summed E-state index contributed by atoms with van der Waals surface area (Å²) in [5.41, 5.74) is 1.28. The van der Waals surface area contributed by atoms with Gasteiger partial charge in [0.05, 0.1) is 6.10 Å². The molecule has 4 heteroatoms. The van der Waals surface area contributed by atoms with Gasteiger partial charge in [-0.15, -0.1) is 0 Å². The molecule has 1 aliphatic rings. The predicted octanol–water partition coefficient (Wildman–Crippen LogP) is 2.67. The van der Waals surface area contributed by atoms with Crippen LogP contribution in [-0.2, 0) is 6.42 Å². The van der Waals surface area contributed by atoms with Crippen molar-refractivity contribution >= 4 is 6.03 Å². The maximum atomic E-state index is 12.3. The maximum Gasteiger partial charge on any atom is 0.317 e. The van der Waals surface area contributed by atoms with Gasteiger partial charge >= 0.3 is 6.03 Å². The van der Waals surface area contributed by atoms with E-state index in [1.54, 1.807) is 4.90 Å². The zero-order valence-corrected chi connectivity index (χ0v) is 13.9. The number of aliphatic hydroxyl groups excluding tert-OH is 1. The first-order valence-electron chi connectivity index (χ1n) is 8.12. The fraction of sp³-hybridized carbons (Fsp3) is 0.611. The molecular weight excluding hydrogens is 276 g/mol. The van der Waals surface area contributed by atoms with E-state index in [0.717, 1.165) is 19.4 Å². The number of aliphatic hydroxyl groups is 1. The predicted molar refractivity (Wildman–Crippen MR) is 88.7 cm³/mol. The summed E-state index contributed by atoms with van der Waals surface area (Å²) in [6, 6.07) is 10.3. The summed E-state index contributed by atoms with van der Waals surface area (Å²) < 4.78 is 0. The third-order valence-electron chi connectivity index (χ3n) is 4.45. The van der Waals surface area contributed by atoms with E-state index in [-0.39, 0.29) is 17.4 Å². The van der Waals surface area contributed by atoms with Crippen molar-refractivity contribution in [3.8, 4) is 0 Å². The van der Waals surface area contributed by atoms with Crippen LogP contribution in [0.1, 0.15) is 32.8 Å². The molecule has 1 aliphatic heterocycles. The molecule has 0 spiro atoms. The quantitative estimate of drug-likeness (QED) is 0.898. The van der Waals surface area contributed by atoms with Crippen molar-refractivity contribution < 1.29 is 9.90 Å². The molecule has 2 rings (SSSR count). The van der Waals surface area contributed by atoms with Crippen LogP contribution in [0.15, 0.2) is 30.3 Å². The van der Waals surface area contributed by atoms with Crippen molar-refractivity contribution in [1.29, 1.82) is 0 Å². The first-order valence-corrected chi connectivity index (χ1v) is 8.12. The number of nitrogens with one attached hydrogen (secondary N) is 1. The number of amides is 2. The van der Waals surface area contributed by atoms with Crippen LogP contribution in [0, 0.1) is 11.3 Å². The summed E-state index contributed by atoms with van der Waals surface area (Å²) in [5, 5.41) is 12.9. The number of carbonyl (C=O) groups excluding carboxylic acids is 1.